The van der Waals surface area contributed by atoms with Gasteiger partial charge in [0.15, 0.2) is 0 Å². The van der Waals surface area contributed by atoms with Gasteiger partial charge in [-0.3, -0.25) is 4.79 Å². The first-order chi connectivity index (χ1) is 11.4. The molecule has 5 heteroatoms. The molecule has 2 aliphatic rings. The maximum atomic E-state index is 12.6. The van der Waals surface area contributed by atoms with Crippen molar-refractivity contribution in [2.24, 2.45) is 11.8 Å². The molecule has 1 aliphatic heterocycles. The third-order valence-corrected chi connectivity index (χ3v) is 5.11. The van der Waals surface area contributed by atoms with Crippen molar-refractivity contribution in [3.63, 3.8) is 0 Å². The largest absolute Gasteiger partial charge is 0.373 e. The van der Waals surface area contributed by atoms with Crippen LogP contribution in [0.3, 0.4) is 0 Å². The van der Waals surface area contributed by atoms with Gasteiger partial charge in [0, 0.05) is 20.1 Å². The second-order valence-electron chi connectivity index (χ2n) is 7.49. The Morgan fingerprint density at radius 1 is 1.33 bits per heavy atom. The Morgan fingerprint density at radius 3 is 2.62 bits per heavy atom. The first kappa shape index (κ1) is 16.6. The first-order valence-electron chi connectivity index (χ1n) is 8.70. The number of para-hydroxylation sites is 2. The Morgan fingerprint density at radius 2 is 2.00 bits per heavy atom. The van der Waals surface area contributed by atoms with Crippen molar-refractivity contribution in [2.75, 3.05) is 36.5 Å². The van der Waals surface area contributed by atoms with Gasteiger partial charge in [-0.2, -0.15) is 5.26 Å². The molecule has 1 amide bonds. The molecular weight excluding hydrogens is 300 g/mol. The highest BCUT2D eigenvalue weighted by Crippen LogP contribution is 2.39. The SMILES string of the molecule is C[C@H]1CN(C)c2ccccc2N(CC(=O)N[C@@](C)(C#N)C2CC2)C1. The summed E-state index contributed by atoms with van der Waals surface area (Å²) in [5.41, 5.74) is 1.51. The van der Waals surface area contributed by atoms with Crippen molar-refractivity contribution in [1.82, 2.24) is 5.32 Å². The minimum atomic E-state index is -0.731. The molecule has 128 valence electrons. The van der Waals surface area contributed by atoms with Crippen molar-refractivity contribution in [1.29, 1.82) is 5.26 Å². The summed E-state index contributed by atoms with van der Waals surface area (Å²) in [7, 11) is 2.10. The van der Waals surface area contributed by atoms with Crippen LogP contribution in [0.5, 0.6) is 0 Å². The fourth-order valence-corrected chi connectivity index (χ4v) is 3.69. The molecule has 0 bridgehead atoms. The van der Waals surface area contributed by atoms with Crippen molar-refractivity contribution in [3.05, 3.63) is 24.3 Å². The summed E-state index contributed by atoms with van der Waals surface area (Å²) in [6, 6.07) is 10.5. The van der Waals surface area contributed by atoms with E-state index in [4.69, 9.17) is 0 Å². The number of hydrogen-bond acceptors (Lipinski definition) is 4. The number of carbonyl (C=O) groups is 1. The van der Waals surface area contributed by atoms with Crippen LogP contribution in [0.25, 0.3) is 0 Å². The van der Waals surface area contributed by atoms with Gasteiger partial charge in [-0.05, 0) is 43.7 Å². The van der Waals surface area contributed by atoms with Crippen LogP contribution in [-0.2, 0) is 4.79 Å². The fraction of sp³-hybridized carbons (Fsp3) is 0.579. The molecule has 0 spiro atoms. The summed E-state index contributed by atoms with van der Waals surface area (Å²) in [5.74, 6) is 0.686. The van der Waals surface area contributed by atoms with Crippen LogP contribution < -0.4 is 15.1 Å². The van der Waals surface area contributed by atoms with Crippen LogP contribution in [0.2, 0.25) is 0 Å². The molecule has 0 unspecified atom stereocenters. The van der Waals surface area contributed by atoms with E-state index in [1.165, 1.54) is 0 Å². The predicted molar refractivity (Wildman–Crippen MR) is 96.0 cm³/mol. The average Bonchev–Trinajstić information content (AvgIpc) is 3.39. The summed E-state index contributed by atoms with van der Waals surface area (Å²) in [6.45, 7) is 6.14. The highest BCUT2D eigenvalue weighted by molar-refractivity contribution is 5.84. The number of benzene rings is 1. The molecule has 5 nitrogen and oxygen atoms in total. The molecule has 2 atom stereocenters. The van der Waals surface area contributed by atoms with Gasteiger partial charge < -0.3 is 15.1 Å². The van der Waals surface area contributed by atoms with E-state index in [2.05, 4.69) is 47.3 Å². The molecule has 0 saturated heterocycles. The molecule has 1 aromatic carbocycles. The number of nitrogens with one attached hydrogen (secondary N) is 1. The van der Waals surface area contributed by atoms with Crippen LogP contribution in [-0.4, -0.2) is 38.1 Å². The van der Waals surface area contributed by atoms with Crippen LogP contribution >= 0.6 is 0 Å². The summed E-state index contributed by atoms with van der Waals surface area (Å²) in [5, 5.41) is 12.4. The van der Waals surface area contributed by atoms with E-state index in [1.54, 1.807) is 0 Å². The summed E-state index contributed by atoms with van der Waals surface area (Å²) < 4.78 is 0. The van der Waals surface area contributed by atoms with E-state index < -0.39 is 5.54 Å². The number of carbonyl (C=O) groups excluding carboxylic acids is 1. The molecule has 24 heavy (non-hydrogen) atoms. The number of nitrogens with zero attached hydrogens (tertiary/aromatic N) is 3. The highest BCUT2D eigenvalue weighted by atomic mass is 16.2. The van der Waals surface area contributed by atoms with Gasteiger partial charge in [0.05, 0.1) is 24.0 Å². The number of nitriles is 1. The third-order valence-electron chi connectivity index (χ3n) is 5.11. The van der Waals surface area contributed by atoms with Gasteiger partial charge in [-0.1, -0.05) is 19.1 Å². The Bertz CT molecular complexity index is 664. The van der Waals surface area contributed by atoms with Gasteiger partial charge >= 0.3 is 0 Å². The van der Waals surface area contributed by atoms with Crippen molar-refractivity contribution in [2.45, 2.75) is 32.2 Å². The van der Waals surface area contributed by atoms with Gasteiger partial charge in [0.1, 0.15) is 5.54 Å². The van der Waals surface area contributed by atoms with Crippen molar-refractivity contribution in [3.8, 4) is 6.07 Å². The maximum Gasteiger partial charge on any atom is 0.240 e. The molecule has 1 saturated carbocycles. The Kier molecular flexibility index (Phi) is 4.40. The second kappa shape index (κ2) is 6.35. The standard InChI is InChI=1S/C19H26N4O/c1-14-10-22(3)16-6-4-5-7-17(16)23(11-14)12-18(24)21-19(2,13-20)15-8-9-15/h4-7,14-15H,8-12H2,1-3H3,(H,21,24)/t14-,19-/m0/s1. The zero-order valence-electron chi connectivity index (χ0n) is 14.7. The van der Waals surface area contributed by atoms with Gasteiger partial charge in [0.25, 0.3) is 0 Å². The van der Waals surface area contributed by atoms with Crippen LogP contribution in [0.1, 0.15) is 26.7 Å². The monoisotopic (exact) mass is 326 g/mol. The zero-order chi connectivity index (χ0) is 17.3. The van der Waals surface area contributed by atoms with Crippen molar-refractivity contribution >= 4 is 17.3 Å². The molecule has 0 radical (unpaired) electrons. The summed E-state index contributed by atoms with van der Waals surface area (Å²) in [4.78, 5) is 17.0. The van der Waals surface area contributed by atoms with E-state index in [0.29, 0.717) is 18.4 Å². The van der Waals surface area contributed by atoms with Gasteiger partial charge in [-0.25, -0.2) is 0 Å². The number of rotatable bonds is 4. The molecule has 1 heterocycles. The second-order valence-corrected chi connectivity index (χ2v) is 7.49. The minimum absolute atomic E-state index is 0.0718. The maximum absolute atomic E-state index is 12.6. The summed E-state index contributed by atoms with van der Waals surface area (Å²) in [6.07, 6.45) is 2.05. The number of amides is 1. The predicted octanol–water partition coefficient (Wildman–Crippen LogP) is 2.39. The van der Waals surface area contributed by atoms with Crippen LogP contribution in [0.4, 0.5) is 11.4 Å². The normalized spacial score (nSPS) is 22.8. The quantitative estimate of drug-likeness (QED) is 0.923. The van der Waals surface area contributed by atoms with Crippen molar-refractivity contribution < 1.29 is 4.79 Å². The smallest absolute Gasteiger partial charge is 0.240 e. The van der Waals surface area contributed by atoms with Crippen LogP contribution in [0.15, 0.2) is 24.3 Å². The number of fused-ring (bicyclic) bond motifs is 1. The Balaban J connectivity index is 1.77. The van der Waals surface area contributed by atoms with Crippen LogP contribution in [0, 0.1) is 23.2 Å². The number of anilines is 2. The lowest BCUT2D eigenvalue weighted by atomic mass is 9.98. The van der Waals surface area contributed by atoms with E-state index >= 15 is 0 Å². The Hall–Kier alpha value is -2.22. The van der Waals surface area contributed by atoms with E-state index in [1.807, 2.05) is 19.1 Å². The molecule has 0 aromatic heterocycles. The van der Waals surface area contributed by atoms with E-state index in [-0.39, 0.29) is 5.91 Å². The fourth-order valence-electron chi connectivity index (χ4n) is 3.69. The zero-order valence-corrected chi connectivity index (χ0v) is 14.7. The lowest BCUT2D eigenvalue weighted by Gasteiger charge is -2.28. The highest BCUT2D eigenvalue weighted by Gasteiger charge is 2.43. The van der Waals surface area contributed by atoms with Gasteiger partial charge in [-0.15, -0.1) is 0 Å². The third kappa shape index (κ3) is 3.33. The Labute approximate surface area is 144 Å². The summed E-state index contributed by atoms with van der Waals surface area (Å²) >= 11 is 0. The minimum Gasteiger partial charge on any atom is -0.373 e. The lowest BCUT2D eigenvalue weighted by Crippen LogP contribution is -2.50. The lowest BCUT2D eigenvalue weighted by molar-refractivity contribution is -0.121. The average molecular weight is 326 g/mol. The molecular formula is C19H26N4O. The molecule has 1 aromatic rings. The molecule has 1 N–H and O–H groups in total. The van der Waals surface area contributed by atoms with E-state index in [9.17, 15) is 10.1 Å². The van der Waals surface area contributed by atoms with Gasteiger partial charge in [0.2, 0.25) is 5.91 Å². The molecule has 1 aliphatic carbocycles. The van der Waals surface area contributed by atoms with E-state index in [0.717, 1.165) is 37.3 Å². The molecule has 3 rings (SSSR count). The topological polar surface area (TPSA) is 59.4 Å². The molecule has 1 fully saturated rings. The first-order valence-corrected chi connectivity index (χ1v) is 8.70. The number of hydrogen-bond donors (Lipinski definition) is 1.